The van der Waals surface area contributed by atoms with Crippen LogP contribution in [0.15, 0.2) is 18.2 Å². The Balaban J connectivity index is 1.37. The van der Waals surface area contributed by atoms with Crippen LogP contribution in [-0.2, 0) is 29.0 Å². The molecule has 4 rings (SSSR count). The van der Waals surface area contributed by atoms with Gasteiger partial charge in [-0.3, -0.25) is 9.69 Å². The third kappa shape index (κ3) is 4.73. The summed E-state index contributed by atoms with van der Waals surface area (Å²) in [5.41, 5.74) is 1.20. The standard InChI is InChI=1S/C21H29N5O4/c1-15(22-20(27)6-10-28-2)21-24-23-19-5-7-25(8-9-26(19)21)14-16-3-4-17-18(13-16)30-12-11-29-17/h3-4,13,15H,5-12,14H2,1-2H3,(H,22,27)/t15-/m1/s1. The summed E-state index contributed by atoms with van der Waals surface area (Å²) in [4.78, 5) is 14.4. The van der Waals surface area contributed by atoms with E-state index in [0.29, 0.717) is 26.2 Å². The molecule has 0 radical (unpaired) electrons. The van der Waals surface area contributed by atoms with Gasteiger partial charge in [0, 0.05) is 46.1 Å². The van der Waals surface area contributed by atoms with Crippen LogP contribution in [0.1, 0.15) is 36.6 Å². The van der Waals surface area contributed by atoms with E-state index < -0.39 is 0 Å². The molecule has 2 aromatic rings. The number of ether oxygens (including phenoxy) is 3. The van der Waals surface area contributed by atoms with Gasteiger partial charge in [-0.2, -0.15) is 0 Å². The molecule has 0 fully saturated rings. The molecule has 9 nitrogen and oxygen atoms in total. The molecular formula is C21H29N5O4. The maximum atomic E-state index is 12.0. The number of hydrogen-bond acceptors (Lipinski definition) is 7. The summed E-state index contributed by atoms with van der Waals surface area (Å²) in [6.07, 6.45) is 1.16. The monoisotopic (exact) mass is 415 g/mol. The predicted molar refractivity (Wildman–Crippen MR) is 109 cm³/mol. The smallest absolute Gasteiger partial charge is 0.222 e. The molecule has 0 bridgehead atoms. The van der Waals surface area contributed by atoms with Crippen LogP contribution in [0.25, 0.3) is 0 Å². The molecule has 0 saturated carbocycles. The Bertz CT molecular complexity index is 884. The number of benzene rings is 1. The molecule has 30 heavy (non-hydrogen) atoms. The van der Waals surface area contributed by atoms with Gasteiger partial charge in [-0.25, -0.2) is 0 Å². The topological polar surface area (TPSA) is 90.7 Å². The van der Waals surface area contributed by atoms with Crippen molar-refractivity contribution in [2.45, 2.75) is 38.9 Å². The minimum Gasteiger partial charge on any atom is -0.486 e. The quantitative estimate of drug-likeness (QED) is 0.729. The van der Waals surface area contributed by atoms with Crippen molar-refractivity contribution < 1.29 is 19.0 Å². The molecule has 3 heterocycles. The summed E-state index contributed by atoms with van der Waals surface area (Å²) in [6.45, 7) is 6.97. The van der Waals surface area contributed by atoms with Gasteiger partial charge in [-0.1, -0.05) is 6.07 Å². The van der Waals surface area contributed by atoms with E-state index in [0.717, 1.165) is 55.7 Å². The Morgan fingerprint density at radius 1 is 1.20 bits per heavy atom. The van der Waals surface area contributed by atoms with Gasteiger partial charge in [0.25, 0.3) is 0 Å². The van der Waals surface area contributed by atoms with Crippen molar-refractivity contribution in [2.75, 3.05) is 40.0 Å². The SMILES string of the molecule is COCCC(=O)N[C@H](C)c1nnc2n1CCN(Cc1ccc3c(c1)OCCO3)CC2. The summed E-state index contributed by atoms with van der Waals surface area (Å²) in [5, 5.41) is 11.7. The summed E-state index contributed by atoms with van der Waals surface area (Å²) in [5.74, 6) is 3.37. The average molecular weight is 415 g/mol. The zero-order valence-corrected chi connectivity index (χ0v) is 17.6. The first-order valence-electron chi connectivity index (χ1n) is 10.4. The van der Waals surface area contributed by atoms with Crippen molar-refractivity contribution in [3.05, 3.63) is 35.4 Å². The Morgan fingerprint density at radius 2 is 2.03 bits per heavy atom. The van der Waals surface area contributed by atoms with Crippen molar-refractivity contribution >= 4 is 5.91 Å². The molecule has 0 spiro atoms. The molecule has 162 valence electrons. The third-order valence-corrected chi connectivity index (χ3v) is 5.46. The molecule has 9 heteroatoms. The Kier molecular flexibility index (Phi) is 6.49. The first-order chi connectivity index (χ1) is 14.6. The molecule has 0 unspecified atom stereocenters. The van der Waals surface area contributed by atoms with E-state index in [-0.39, 0.29) is 11.9 Å². The lowest BCUT2D eigenvalue weighted by atomic mass is 10.1. The van der Waals surface area contributed by atoms with Crippen LogP contribution in [-0.4, -0.2) is 65.6 Å². The van der Waals surface area contributed by atoms with Crippen molar-refractivity contribution in [2.24, 2.45) is 0 Å². The van der Waals surface area contributed by atoms with Gasteiger partial charge in [0.2, 0.25) is 5.91 Å². The molecule has 0 aliphatic carbocycles. The van der Waals surface area contributed by atoms with Gasteiger partial charge in [0.05, 0.1) is 12.6 Å². The largest absolute Gasteiger partial charge is 0.486 e. The minimum absolute atomic E-state index is 0.0458. The van der Waals surface area contributed by atoms with Gasteiger partial charge in [0.1, 0.15) is 19.0 Å². The molecule has 2 aliphatic heterocycles. The molecule has 1 aromatic carbocycles. The maximum Gasteiger partial charge on any atom is 0.222 e. The number of carbonyl (C=O) groups excluding carboxylic acids is 1. The van der Waals surface area contributed by atoms with Crippen molar-refractivity contribution in [1.82, 2.24) is 25.0 Å². The van der Waals surface area contributed by atoms with Gasteiger partial charge in [0.15, 0.2) is 17.3 Å². The van der Waals surface area contributed by atoms with Gasteiger partial charge in [-0.05, 0) is 24.6 Å². The maximum absolute atomic E-state index is 12.0. The van der Waals surface area contributed by atoms with Crippen molar-refractivity contribution in [3.8, 4) is 11.5 Å². The minimum atomic E-state index is -0.194. The Morgan fingerprint density at radius 3 is 2.87 bits per heavy atom. The fourth-order valence-electron chi connectivity index (χ4n) is 3.88. The highest BCUT2D eigenvalue weighted by Gasteiger charge is 2.23. The fraction of sp³-hybridized carbons (Fsp3) is 0.571. The molecule has 2 aliphatic rings. The van der Waals surface area contributed by atoms with Crippen molar-refractivity contribution in [1.29, 1.82) is 0 Å². The average Bonchev–Trinajstić information content (AvgIpc) is 3.07. The third-order valence-electron chi connectivity index (χ3n) is 5.46. The van der Waals surface area contributed by atoms with Gasteiger partial charge < -0.3 is 24.1 Å². The van der Waals surface area contributed by atoms with Gasteiger partial charge in [-0.15, -0.1) is 10.2 Å². The highest BCUT2D eigenvalue weighted by Crippen LogP contribution is 2.31. The van der Waals surface area contributed by atoms with E-state index in [4.69, 9.17) is 14.2 Å². The van der Waals surface area contributed by atoms with Crippen LogP contribution in [0.2, 0.25) is 0 Å². The normalized spacial score (nSPS) is 17.1. The van der Waals surface area contributed by atoms with Crippen LogP contribution in [0.3, 0.4) is 0 Å². The second-order valence-electron chi connectivity index (χ2n) is 7.66. The van der Waals surface area contributed by atoms with E-state index in [1.807, 2.05) is 13.0 Å². The number of carbonyl (C=O) groups is 1. The van der Waals surface area contributed by atoms with E-state index in [1.165, 1.54) is 5.56 Å². The number of hydrogen-bond donors (Lipinski definition) is 1. The van der Waals surface area contributed by atoms with E-state index >= 15 is 0 Å². The summed E-state index contributed by atoms with van der Waals surface area (Å²) < 4.78 is 18.4. The number of nitrogens with zero attached hydrogens (tertiary/aromatic N) is 4. The first kappa shape index (κ1) is 20.6. The van der Waals surface area contributed by atoms with E-state index in [9.17, 15) is 4.79 Å². The summed E-state index contributed by atoms with van der Waals surface area (Å²) >= 11 is 0. The zero-order valence-electron chi connectivity index (χ0n) is 17.6. The Hall–Kier alpha value is -2.65. The van der Waals surface area contributed by atoms with Gasteiger partial charge >= 0.3 is 0 Å². The predicted octanol–water partition coefficient (Wildman–Crippen LogP) is 1.32. The van der Waals surface area contributed by atoms with Crippen LogP contribution < -0.4 is 14.8 Å². The lowest BCUT2D eigenvalue weighted by Crippen LogP contribution is -2.30. The molecule has 0 saturated heterocycles. The molecule has 1 amide bonds. The fourth-order valence-corrected chi connectivity index (χ4v) is 3.88. The highest BCUT2D eigenvalue weighted by molar-refractivity contribution is 5.76. The van der Waals surface area contributed by atoms with Crippen LogP contribution in [0.4, 0.5) is 0 Å². The van der Waals surface area contributed by atoms with Crippen LogP contribution in [0.5, 0.6) is 11.5 Å². The number of rotatable bonds is 7. The molecule has 1 atom stereocenters. The second-order valence-corrected chi connectivity index (χ2v) is 7.66. The summed E-state index contributed by atoms with van der Waals surface area (Å²) in [6, 6.07) is 5.96. The second kappa shape index (κ2) is 9.44. The van der Waals surface area contributed by atoms with Crippen LogP contribution in [0, 0.1) is 0 Å². The zero-order chi connectivity index (χ0) is 20.9. The van der Waals surface area contributed by atoms with Crippen LogP contribution >= 0.6 is 0 Å². The number of amides is 1. The Labute approximate surface area is 176 Å². The highest BCUT2D eigenvalue weighted by atomic mass is 16.6. The van der Waals surface area contributed by atoms with E-state index in [1.54, 1.807) is 7.11 Å². The number of aromatic nitrogens is 3. The first-order valence-corrected chi connectivity index (χ1v) is 10.4. The summed E-state index contributed by atoms with van der Waals surface area (Å²) in [7, 11) is 1.59. The molecular weight excluding hydrogens is 386 g/mol. The lowest BCUT2D eigenvalue weighted by Gasteiger charge is -2.22. The number of fused-ring (bicyclic) bond motifs is 2. The lowest BCUT2D eigenvalue weighted by molar-refractivity contribution is -0.122. The van der Waals surface area contributed by atoms with E-state index in [2.05, 4.69) is 37.1 Å². The molecule has 1 N–H and O–H groups in total. The number of methoxy groups -OCH3 is 1. The van der Waals surface area contributed by atoms with Crippen molar-refractivity contribution in [3.63, 3.8) is 0 Å². The number of nitrogens with one attached hydrogen (secondary N) is 1. The molecule has 1 aromatic heterocycles.